The zero-order valence-corrected chi connectivity index (χ0v) is 21.4. The van der Waals surface area contributed by atoms with Gasteiger partial charge in [-0.2, -0.15) is 0 Å². The lowest BCUT2D eigenvalue weighted by Gasteiger charge is -2.18. The van der Waals surface area contributed by atoms with Crippen molar-refractivity contribution >= 4 is 39.6 Å². The van der Waals surface area contributed by atoms with Gasteiger partial charge in [-0.25, -0.2) is 0 Å². The Labute approximate surface area is 220 Å². The van der Waals surface area contributed by atoms with Crippen LogP contribution in [0.4, 0.5) is 0 Å². The molecule has 186 valence electrons. The molecule has 3 aromatic carbocycles. The number of hydrogen-bond donors (Lipinski definition) is 0. The summed E-state index contributed by atoms with van der Waals surface area (Å²) < 4.78 is 19.6. The first-order valence-corrected chi connectivity index (χ1v) is 12.8. The average Bonchev–Trinajstić information content (AvgIpc) is 3.22. The molecule has 1 aliphatic rings. The molecule has 3 heterocycles. The minimum Gasteiger partial charge on any atom is -0.497 e. The SMILES string of the molecule is COc1ccc(OCCCOc2cc3c4c(c2)c2ccc(Cl)cc2n4C=C(Cc2cccnc2)C3)cc1. The monoisotopic (exact) mass is 510 g/mol. The largest absolute Gasteiger partial charge is 0.497 e. The van der Waals surface area contributed by atoms with Gasteiger partial charge in [-0.05, 0) is 84.1 Å². The summed E-state index contributed by atoms with van der Waals surface area (Å²) in [5.41, 5.74) is 6.12. The lowest BCUT2D eigenvalue weighted by atomic mass is 9.96. The molecule has 0 radical (unpaired) electrons. The number of aromatic nitrogens is 2. The van der Waals surface area contributed by atoms with Crippen LogP contribution in [0.3, 0.4) is 0 Å². The van der Waals surface area contributed by atoms with E-state index in [0.717, 1.165) is 47.1 Å². The van der Waals surface area contributed by atoms with E-state index in [1.54, 1.807) is 7.11 Å². The zero-order chi connectivity index (χ0) is 25.2. The third-order valence-electron chi connectivity index (χ3n) is 6.68. The van der Waals surface area contributed by atoms with E-state index in [9.17, 15) is 0 Å². The second kappa shape index (κ2) is 10.2. The Bertz CT molecular complexity index is 1590. The predicted molar refractivity (Wildman–Crippen MR) is 149 cm³/mol. The van der Waals surface area contributed by atoms with Gasteiger partial charge < -0.3 is 18.8 Å². The molecule has 0 saturated heterocycles. The van der Waals surface area contributed by atoms with Crippen molar-refractivity contribution in [2.75, 3.05) is 20.3 Å². The van der Waals surface area contributed by atoms with Crippen LogP contribution in [-0.2, 0) is 12.8 Å². The van der Waals surface area contributed by atoms with Gasteiger partial charge >= 0.3 is 0 Å². The second-order valence-electron chi connectivity index (χ2n) is 9.24. The number of nitrogens with zero attached hydrogens (tertiary/aromatic N) is 2. The number of fused-ring (bicyclic) bond motifs is 3. The quantitative estimate of drug-likeness (QED) is 0.195. The van der Waals surface area contributed by atoms with E-state index in [1.807, 2.05) is 54.9 Å². The van der Waals surface area contributed by atoms with Crippen LogP contribution < -0.4 is 14.2 Å². The third kappa shape index (κ3) is 4.87. The molecular weight excluding hydrogens is 484 g/mol. The van der Waals surface area contributed by atoms with E-state index in [0.29, 0.717) is 13.2 Å². The van der Waals surface area contributed by atoms with Crippen molar-refractivity contribution in [3.8, 4) is 17.2 Å². The van der Waals surface area contributed by atoms with Crippen molar-refractivity contribution in [1.29, 1.82) is 0 Å². The first-order valence-electron chi connectivity index (χ1n) is 12.4. The Morgan fingerprint density at radius 2 is 1.70 bits per heavy atom. The Balaban J connectivity index is 1.23. The Kier molecular flexibility index (Phi) is 6.46. The summed E-state index contributed by atoms with van der Waals surface area (Å²) in [4.78, 5) is 4.29. The van der Waals surface area contributed by atoms with Crippen molar-refractivity contribution in [1.82, 2.24) is 9.55 Å². The van der Waals surface area contributed by atoms with Crippen LogP contribution in [0.15, 0.2) is 84.7 Å². The van der Waals surface area contributed by atoms with E-state index < -0.39 is 0 Å². The highest BCUT2D eigenvalue weighted by Gasteiger charge is 2.20. The highest BCUT2D eigenvalue weighted by Crippen LogP contribution is 2.39. The number of benzene rings is 3. The van der Waals surface area contributed by atoms with Gasteiger partial charge in [-0.1, -0.05) is 23.7 Å². The van der Waals surface area contributed by atoms with Crippen LogP contribution in [0.25, 0.3) is 28.0 Å². The number of allylic oxidation sites excluding steroid dienone is 1. The van der Waals surface area contributed by atoms with Gasteiger partial charge in [-0.15, -0.1) is 0 Å². The first kappa shape index (κ1) is 23.4. The molecule has 0 amide bonds. The Morgan fingerprint density at radius 1 is 0.892 bits per heavy atom. The van der Waals surface area contributed by atoms with Crippen molar-refractivity contribution in [2.24, 2.45) is 0 Å². The van der Waals surface area contributed by atoms with Gasteiger partial charge in [0.1, 0.15) is 17.2 Å². The van der Waals surface area contributed by atoms with Gasteiger partial charge in [0.2, 0.25) is 0 Å². The molecule has 2 aromatic heterocycles. The standard InChI is InChI=1S/C31H27ClN2O3/c1-35-25-6-8-26(9-7-25)36-12-3-13-37-27-16-23-15-22(14-21-4-2-11-33-19-21)20-34-30-17-24(32)5-10-28(30)29(18-27)31(23)34/h2,4-11,16-20H,3,12-15H2,1H3. The number of methoxy groups -OCH3 is 1. The van der Waals surface area contributed by atoms with Gasteiger partial charge in [0.05, 0.1) is 31.4 Å². The molecule has 6 heteroatoms. The van der Waals surface area contributed by atoms with Gasteiger partial charge in [0, 0.05) is 40.8 Å². The normalized spacial score (nSPS) is 12.5. The van der Waals surface area contributed by atoms with Crippen LogP contribution >= 0.6 is 11.6 Å². The molecule has 0 atom stereocenters. The third-order valence-corrected chi connectivity index (χ3v) is 6.92. The molecule has 0 N–H and O–H groups in total. The fourth-order valence-electron chi connectivity index (χ4n) is 5.02. The topological polar surface area (TPSA) is 45.5 Å². The molecule has 37 heavy (non-hydrogen) atoms. The van der Waals surface area contributed by atoms with Gasteiger partial charge in [0.15, 0.2) is 0 Å². The maximum absolute atomic E-state index is 6.40. The number of halogens is 1. The summed E-state index contributed by atoms with van der Waals surface area (Å²) in [6.45, 7) is 1.15. The molecule has 1 aliphatic heterocycles. The smallest absolute Gasteiger partial charge is 0.120 e. The minimum absolute atomic E-state index is 0.573. The molecule has 0 spiro atoms. The molecule has 0 aliphatic carbocycles. The molecule has 0 unspecified atom stereocenters. The summed E-state index contributed by atoms with van der Waals surface area (Å²) in [5.74, 6) is 2.52. The van der Waals surface area contributed by atoms with Crippen LogP contribution in [-0.4, -0.2) is 29.9 Å². The maximum atomic E-state index is 6.40. The van der Waals surface area contributed by atoms with Crippen LogP contribution in [0.2, 0.25) is 5.02 Å². The summed E-state index contributed by atoms with van der Waals surface area (Å²) in [5, 5.41) is 3.09. The molecular formula is C31H27ClN2O3. The maximum Gasteiger partial charge on any atom is 0.120 e. The number of ether oxygens (including phenoxy) is 3. The molecule has 5 nitrogen and oxygen atoms in total. The van der Waals surface area contributed by atoms with Crippen molar-refractivity contribution < 1.29 is 14.2 Å². The molecule has 0 bridgehead atoms. The fourth-order valence-corrected chi connectivity index (χ4v) is 5.18. The van der Waals surface area contributed by atoms with E-state index in [2.05, 4.69) is 40.0 Å². The minimum atomic E-state index is 0.573. The summed E-state index contributed by atoms with van der Waals surface area (Å²) in [6.07, 6.45) is 8.51. The molecule has 5 aromatic rings. The molecule has 0 saturated carbocycles. The molecule has 0 fully saturated rings. The highest BCUT2D eigenvalue weighted by molar-refractivity contribution is 6.31. The summed E-state index contributed by atoms with van der Waals surface area (Å²) in [6, 6.07) is 22.2. The van der Waals surface area contributed by atoms with E-state index >= 15 is 0 Å². The Morgan fingerprint density at radius 3 is 2.49 bits per heavy atom. The van der Waals surface area contributed by atoms with Crippen molar-refractivity contribution in [3.05, 3.63) is 101 Å². The van der Waals surface area contributed by atoms with Crippen molar-refractivity contribution in [2.45, 2.75) is 19.3 Å². The molecule has 6 rings (SSSR count). The van der Waals surface area contributed by atoms with E-state index in [1.165, 1.54) is 33.0 Å². The lowest BCUT2D eigenvalue weighted by molar-refractivity contribution is 0.247. The van der Waals surface area contributed by atoms with Crippen molar-refractivity contribution in [3.63, 3.8) is 0 Å². The van der Waals surface area contributed by atoms with Gasteiger partial charge in [-0.3, -0.25) is 4.98 Å². The summed E-state index contributed by atoms with van der Waals surface area (Å²) >= 11 is 6.40. The van der Waals surface area contributed by atoms with Gasteiger partial charge in [0.25, 0.3) is 0 Å². The number of pyridine rings is 1. The first-order chi connectivity index (χ1) is 18.2. The number of rotatable bonds is 9. The summed E-state index contributed by atoms with van der Waals surface area (Å²) in [7, 11) is 1.66. The van der Waals surface area contributed by atoms with E-state index in [4.69, 9.17) is 25.8 Å². The second-order valence-corrected chi connectivity index (χ2v) is 9.67. The van der Waals surface area contributed by atoms with E-state index in [-0.39, 0.29) is 0 Å². The average molecular weight is 511 g/mol. The fraction of sp³-hybridized carbons (Fsp3) is 0.194. The van der Waals surface area contributed by atoms with Crippen LogP contribution in [0.1, 0.15) is 17.5 Å². The predicted octanol–water partition coefficient (Wildman–Crippen LogP) is 7.34. The highest BCUT2D eigenvalue weighted by atomic mass is 35.5. The number of hydrogen-bond acceptors (Lipinski definition) is 4. The lowest BCUT2D eigenvalue weighted by Crippen LogP contribution is -2.07. The van der Waals surface area contributed by atoms with Crippen LogP contribution in [0, 0.1) is 0 Å². The van der Waals surface area contributed by atoms with Crippen LogP contribution in [0.5, 0.6) is 17.2 Å². The zero-order valence-electron chi connectivity index (χ0n) is 20.6. The Hall–Kier alpha value is -3.96.